The molecule has 3 aromatic rings. The van der Waals surface area contributed by atoms with E-state index in [1.54, 1.807) is 0 Å². The van der Waals surface area contributed by atoms with Gasteiger partial charge in [-0.15, -0.1) is 0 Å². The maximum atomic E-state index is 2.40. The quantitative estimate of drug-likeness (QED) is 0.295. The van der Waals surface area contributed by atoms with Crippen LogP contribution in [0.1, 0.15) is 57.2 Å². The molecule has 0 heterocycles. The zero-order valence-corrected chi connectivity index (χ0v) is 21.4. The van der Waals surface area contributed by atoms with Crippen molar-refractivity contribution in [3.8, 4) is 0 Å². The second-order valence-corrected chi connectivity index (χ2v) is 8.57. The van der Waals surface area contributed by atoms with Crippen LogP contribution in [0.2, 0.25) is 0 Å². The van der Waals surface area contributed by atoms with Gasteiger partial charge in [-0.2, -0.15) is 0 Å². The van der Waals surface area contributed by atoms with E-state index in [0.29, 0.717) is 0 Å². The van der Waals surface area contributed by atoms with Crippen LogP contribution in [0.4, 0.5) is 17.1 Å². The summed E-state index contributed by atoms with van der Waals surface area (Å²) in [6, 6.07) is 27.4. The molecule has 33 heavy (non-hydrogen) atoms. The Balaban J connectivity index is 2.01. The van der Waals surface area contributed by atoms with Crippen LogP contribution in [0, 0.1) is 0 Å². The van der Waals surface area contributed by atoms with Crippen LogP contribution in [0.3, 0.4) is 0 Å². The van der Waals surface area contributed by atoms with Gasteiger partial charge in [0.2, 0.25) is 0 Å². The molecule has 0 amide bonds. The van der Waals surface area contributed by atoms with Gasteiger partial charge in [0, 0.05) is 62.8 Å². The van der Waals surface area contributed by atoms with Gasteiger partial charge in [0.25, 0.3) is 0 Å². The summed E-state index contributed by atoms with van der Waals surface area (Å²) in [6.45, 7) is 16.2. The molecule has 0 saturated carbocycles. The minimum Gasteiger partial charge on any atom is -0.375 e. The highest BCUT2D eigenvalue weighted by molar-refractivity contribution is 5.56. The van der Waals surface area contributed by atoms with Crippen LogP contribution in [-0.4, -0.2) is 39.8 Å². The molecule has 3 heteroatoms. The maximum Gasteiger partial charge on any atom is 0.0366 e. The van der Waals surface area contributed by atoms with Crippen LogP contribution in [0.5, 0.6) is 0 Å². The highest BCUT2D eigenvalue weighted by atomic mass is 15.1. The van der Waals surface area contributed by atoms with Gasteiger partial charge in [0.1, 0.15) is 0 Å². The van der Waals surface area contributed by atoms with Crippen molar-refractivity contribution in [2.45, 2.75) is 40.5 Å². The molecule has 0 aliphatic heterocycles. The molecule has 0 aliphatic rings. The van der Waals surface area contributed by atoms with Crippen molar-refractivity contribution >= 4 is 17.1 Å². The van der Waals surface area contributed by atoms with Crippen molar-refractivity contribution in [3.05, 3.63) is 89.5 Å². The number of nitrogens with zero attached hydrogens (tertiary/aromatic N) is 3. The Morgan fingerprint density at radius 1 is 0.455 bits per heavy atom. The van der Waals surface area contributed by atoms with Crippen molar-refractivity contribution < 1.29 is 0 Å². The summed E-state index contributed by atoms with van der Waals surface area (Å²) in [5, 5.41) is 0. The molecule has 3 rings (SSSR count). The van der Waals surface area contributed by atoms with Crippen LogP contribution >= 0.6 is 0 Å². The van der Waals surface area contributed by atoms with Crippen LogP contribution in [-0.2, 0) is 0 Å². The molecule has 0 fully saturated rings. The molecule has 0 N–H and O–H groups in total. The lowest BCUT2D eigenvalue weighted by Gasteiger charge is -2.25. The highest BCUT2D eigenvalue weighted by Crippen LogP contribution is 2.35. The maximum absolute atomic E-state index is 2.40. The van der Waals surface area contributed by atoms with Gasteiger partial charge in [0.05, 0.1) is 0 Å². The molecule has 0 spiro atoms. The van der Waals surface area contributed by atoms with Crippen molar-refractivity contribution in [1.29, 1.82) is 0 Å². The summed E-state index contributed by atoms with van der Waals surface area (Å²) in [7, 11) is 2.14. The van der Waals surface area contributed by atoms with E-state index in [4.69, 9.17) is 0 Å². The first kappa shape index (κ1) is 24.7. The second kappa shape index (κ2) is 11.8. The summed E-state index contributed by atoms with van der Waals surface area (Å²) in [5.74, 6) is 0.211. The molecule has 0 aliphatic carbocycles. The number of hydrogen-bond donors (Lipinski definition) is 0. The van der Waals surface area contributed by atoms with E-state index >= 15 is 0 Å². The van der Waals surface area contributed by atoms with Gasteiger partial charge in [-0.25, -0.2) is 0 Å². The Bertz CT molecular complexity index is 897. The van der Waals surface area contributed by atoms with E-state index in [9.17, 15) is 0 Å². The largest absolute Gasteiger partial charge is 0.375 e. The molecule has 3 nitrogen and oxygen atoms in total. The Labute approximate surface area is 201 Å². The van der Waals surface area contributed by atoms with Crippen LogP contribution in [0.15, 0.2) is 72.8 Å². The number of rotatable bonds is 11. The molecule has 0 aromatic heterocycles. The van der Waals surface area contributed by atoms with E-state index in [2.05, 4.69) is 129 Å². The van der Waals surface area contributed by atoms with E-state index in [1.165, 1.54) is 33.8 Å². The van der Waals surface area contributed by atoms with Gasteiger partial charge in [0.15, 0.2) is 0 Å². The van der Waals surface area contributed by atoms with Crippen molar-refractivity contribution in [2.24, 2.45) is 0 Å². The zero-order valence-electron chi connectivity index (χ0n) is 21.4. The minimum atomic E-state index is 0.211. The highest BCUT2D eigenvalue weighted by Gasteiger charge is 2.18. The average molecular weight is 444 g/mol. The predicted octanol–water partition coefficient (Wildman–Crippen LogP) is 7.02. The SMILES string of the molecule is CCN(C)c1ccc(C(c2ccc(N(CC)CC)cc2)c2ccc(N(CC)CC)cc2)cc1. The molecular weight excluding hydrogens is 402 g/mol. The first-order valence-electron chi connectivity index (χ1n) is 12.6. The molecule has 176 valence electrons. The van der Waals surface area contributed by atoms with Crippen molar-refractivity contribution in [3.63, 3.8) is 0 Å². The lowest BCUT2D eigenvalue weighted by atomic mass is 9.85. The molecular formula is C30H41N3. The number of benzene rings is 3. The Hall–Kier alpha value is -2.94. The molecule has 3 aromatic carbocycles. The lowest BCUT2D eigenvalue weighted by Crippen LogP contribution is -2.22. The third kappa shape index (κ3) is 5.71. The first-order chi connectivity index (χ1) is 16.1. The lowest BCUT2D eigenvalue weighted by molar-refractivity contribution is 0.862. The predicted molar refractivity (Wildman–Crippen MR) is 146 cm³/mol. The van der Waals surface area contributed by atoms with E-state index in [-0.39, 0.29) is 5.92 Å². The van der Waals surface area contributed by atoms with Crippen LogP contribution < -0.4 is 14.7 Å². The Kier molecular flexibility index (Phi) is 8.82. The summed E-state index contributed by atoms with van der Waals surface area (Å²) in [5.41, 5.74) is 7.83. The number of anilines is 3. The van der Waals surface area contributed by atoms with Gasteiger partial charge in [-0.05, 0) is 87.7 Å². The molecule has 0 unspecified atom stereocenters. The van der Waals surface area contributed by atoms with Gasteiger partial charge in [-0.3, -0.25) is 0 Å². The fourth-order valence-corrected chi connectivity index (χ4v) is 4.61. The van der Waals surface area contributed by atoms with E-state index < -0.39 is 0 Å². The van der Waals surface area contributed by atoms with Crippen molar-refractivity contribution in [1.82, 2.24) is 0 Å². The monoisotopic (exact) mass is 443 g/mol. The Morgan fingerprint density at radius 2 is 0.758 bits per heavy atom. The van der Waals surface area contributed by atoms with Gasteiger partial charge in [-0.1, -0.05) is 36.4 Å². The summed E-state index contributed by atoms with van der Waals surface area (Å²) < 4.78 is 0. The molecule has 0 atom stereocenters. The van der Waals surface area contributed by atoms with E-state index in [0.717, 1.165) is 32.7 Å². The third-order valence-corrected chi connectivity index (χ3v) is 6.85. The van der Waals surface area contributed by atoms with E-state index in [1.807, 2.05) is 0 Å². The second-order valence-electron chi connectivity index (χ2n) is 8.57. The van der Waals surface area contributed by atoms with Gasteiger partial charge < -0.3 is 14.7 Å². The normalized spacial score (nSPS) is 11.0. The topological polar surface area (TPSA) is 9.72 Å². The summed E-state index contributed by atoms with van der Waals surface area (Å²) in [4.78, 5) is 7.07. The fraction of sp³-hybridized carbons (Fsp3) is 0.400. The van der Waals surface area contributed by atoms with Crippen molar-refractivity contribution in [2.75, 3.05) is 54.5 Å². The average Bonchev–Trinajstić information content (AvgIpc) is 2.87. The number of hydrogen-bond acceptors (Lipinski definition) is 3. The smallest absolute Gasteiger partial charge is 0.0366 e. The first-order valence-corrected chi connectivity index (χ1v) is 12.6. The van der Waals surface area contributed by atoms with Crippen LogP contribution in [0.25, 0.3) is 0 Å². The third-order valence-electron chi connectivity index (χ3n) is 6.85. The molecule has 0 saturated heterocycles. The summed E-state index contributed by atoms with van der Waals surface area (Å²) >= 11 is 0. The molecule has 0 bridgehead atoms. The minimum absolute atomic E-state index is 0.211. The van der Waals surface area contributed by atoms with Gasteiger partial charge >= 0.3 is 0 Å². The Morgan fingerprint density at radius 3 is 1.03 bits per heavy atom. The standard InChI is InChI=1S/C30H41N3/c1-7-31(6)27-18-12-24(13-19-27)30(25-14-20-28(21-15-25)32(8-2)9-3)26-16-22-29(23-17-26)33(10-4)11-5/h12-23,30H,7-11H2,1-6H3. The zero-order chi connectivity index (χ0) is 23.8. The summed E-state index contributed by atoms with van der Waals surface area (Å²) in [6.07, 6.45) is 0. The fourth-order valence-electron chi connectivity index (χ4n) is 4.61. The molecule has 0 radical (unpaired) electrons.